The molecule has 0 heterocycles. The molecule has 98 valence electrons. The Morgan fingerprint density at radius 3 is 2.22 bits per heavy atom. The van der Waals surface area contributed by atoms with Gasteiger partial charge in [0.2, 0.25) is 5.91 Å². The first kappa shape index (κ1) is 14.4. The van der Waals surface area contributed by atoms with Gasteiger partial charge in [-0.1, -0.05) is 50.1 Å². The third kappa shape index (κ3) is 3.69. The quantitative estimate of drug-likeness (QED) is 0.813. The smallest absolute Gasteiger partial charge is 0.217 e. The molecule has 0 unspecified atom stereocenters. The predicted molar refractivity (Wildman–Crippen MR) is 72.6 cm³/mol. The van der Waals surface area contributed by atoms with E-state index in [1.54, 1.807) is 0 Å². The number of hydrogen-bond acceptors (Lipinski definition) is 2. The molecule has 0 saturated heterocycles. The van der Waals surface area contributed by atoms with Crippen molar-refractivity contribution in [3.63, 3.8) is 0 Å². The van der Waals surface area contributed by atoms with Crippen LogP contribution in [0.15, 0.2) is 24.3 Å². The summed E-state index contributed by atoms with van der Waals surface area (Å²) in [5, 5.41) is 2.75. The molecule has 3 nitrogen and oxygen atoms in total. The molecule has 0 fully saturated rings. The number of carbonyl (C=O) groups is 2. The van der Waals surface area contributed by atoms with Crippen molar-refractivity contribution in [3.05, 3.63) is 35.4 Å². The van der Waals surface area contributed by atoms with Gasteiger partial charge in [-0.15, -0.1) is 0 Å². The van der Waals surface area contributed by atoms with Gasteiger partial charge < -0.3 is 5.32 Å². The van der Waals surface area contributed by atoms with Crippen molar-refractivity contribution in [1.82, 2.24) is 5.32 Å². The van der Waals surface area contributed by atoms with E-state index in [1.165, 1.54) is 6.92 Å². The van der Waals surface area contributed by atoms with Gasteiger partial charge in [0, 0.05) is 12.5 Å². The zero-order valence-electron chi connectivity index (χ0n) is 11.5. The number of benzene rings is 1. The van der Waals surface area contributed by atoms with E-state index >= 15 is 0 Å². The minimum Gasteiger partial charge on any atom is -0.346 e. The van der Waals surface area contributed by atoms with Crippen molar-refractivity contribution in [2.24, 2.45) is 5.92 Å². The van der Waals surface area contributed by atoms with E-state index in [1.807, 2.05) is 45.0 Å². The van der Waals surface area contributed by atoms with Crippen LogP contribution in [0.25, 0.3) is 0 Å². The number of hydrogen-bond donors (Lipinski definition) is 1. The van der Waals surface area contributed by atoms with Crippen molar-refractivity contribution in [2.45, 2.75) is 40.2 Å². The lowest BCUT2D eigenvalue weighted by atomic mass is 9.91. The van der Waals surface area contributed by atoms with Gasteiger partial charge in [-0.05, 0) is 12.8 Å². The molecule has 1 aromatic rings. The molecule has 0 radical (unpaired) electrons. The lowest BCUT2D eigenvalue weighted by Gasteiger charge is -2.22. The number of carbonyl (C=O) groups excluding carboxylic acids is 2. The van der Waals surface area contributed by atoms with Gasteiger partial charge in [0.15, 0.2) is 5.78 Å². The number of Topliss-reactive ketones (excluding diaryl/α,β-unsaturated/α-hetero) is 1. The predicted octanol–water partition coefficient (Wildman–Crippen LogP) is 2.73. The molecular formula is C15H21NO2. The highest BCUT2D eigenvalue weighted by Crippen LogP contribution is 2.14. The number of rotatable bonds is 5. The van der Waals surface area contributed by atoms with E-state index in [0.29, 0.717) is 5.56 Å². The first-order valence-electron chi connectivity index (χ1n) is 6.33. The number of amides is 1. The van der Waals surface area contributed by atoms with Crippen LogP contribution in [0.4, 0.5) is 0 Å². The van der Waals surface area contributed by atoms with E-state index in [2.05, 4.69) is 5.32 Å². The fourth-order valence-corrected chi connectivity index (χ4v) is 1.82. The summed E-state index contributed by atoms with van der Waals surface area (Å²) in [6, 6.07) is 7.02. The minimum atomic E-state index is -0.435. The number of ketones is 1. The largest absolute Gasteiger partial charge is 0.346 e. The molecule has 0 aliphatic carbocycles. The Morgan fingerprint density at radius 2 is 1.78 bits per heavy atom. The van der Waals surface area contributed by atoms with E-state index in [9.17, 15) is 9.59 Å². The number of aryl methyl sites for hydroxylation is 1. The highest BCUT2D eigenvalue weighted by molar-refractivity contribution is 6.01. The molecular weight excluding hydrogens is 226 g/mol. The van der Waals surface area contributed by atoms with E-state index in [0.717, 1.165) is 12.0 Å². The monoisotopic (exact) mass is 247 g/mol. The standard InChI is InChI=1S/C15H21NO2/c1-5-11(3)14(16-12(4)17)15(18)13-8-6-10(2)7-9-13/h6-9,11,14H,5H2,1-4H3,(H,16,17)/t11-,14+/m1/s1. The second-order valence-electron chi connectivity index (χ2n) is 4.79. The van der Waals surface area contributed by atoms with Crippen LogP contribution in [0.5, 0.6) is 0 Å². The first-order chi connectivity index (χ1) is 8.45. The summed E-state index contributed by atoms with van der Waals surface area (Å²) >= 11 is 0. The van der Waals surface area contributed by atoms with Crippen LogP contribution >= 0.6 is 0 Å². The van der Waals surface area contributed by atoms with Gasteiger partial charge in [0.1, 0.15) is 0 Å². The van der Waals surface area contributed by atoms with Gasteiger partial charge in [0.05, 0.1) is 6.04 Å². The summed E-state index contributed by atoms with van der Waals surface area (Å²) in [4.78, 5) is 23.6. The average molecular weight is 247 g/mol. The maximum atomic E-state index is 12.4. The molecule has 2 atom stereocenters. The molecule has 1 amide bonds. The van der Waals surface area contributed by atoms with Gasteiger partial charge >= 0.3 is 0 Å². The Balaban J connectivity index is 2.94. The summed E-state index contributed by atoms with van der Waals surface area (Å²) in [6.07, 6.45) is 0.850. The van der Waals surface area contributed by atoms with Crippen molar-refractivity contribution >= 4 is 11.7 Å². The van der Waals surface area contributed by atoms with Crippen LogP contribution in [-0.2, 0) is 4.79 Å². The van der Waals surface area contributed by atoms with Crippen LogP contribution < -0.4 is 5.32 Å². The summed E-state index contributed by atoms with van der Waals surface area (Å²) in [7, 11) is 0. The highest BCUT2D eigenvalue weighted by Gasteiger charge is 2.25. The van der Waals surface area contributed by atoms with Gasteiger partial charge in [-0.2, -0.15) is 0 Å². The zero-order valence-corrected chi connectivity index (χ0v) is 11.5. The highest BCUT2D eigenvalue weighted by atomic mass is 16.2. The normalized spacial score (nSPS) is 13.8. The second-order valence-corrected chi connectivity index (χ2v) is 4.79. The molecule has 0 aromatic heterocycles. The maximum absolute atomic E-state index is 12.4. The van der Waals surface area contributed by atoms with E-state index in [4.69, 9.17) is 0 Å². The molecule has 0 aliphatic heterocycles. The van der Waals surface area contributed by atoms with Gasteiger partial charge in [-0.3, -0.25) is 9.59 Å². The number of nitrogens with one attached hydrogen (secondary N) is 1. The zero-order chi connectivity index (χ0) is 13.7. The summed E-state index contributed by atoms with van der Waals surface area (Å²) < 4.78 is 0. The fourth-order valence-electron chi connectivity index (χ4n) is 1.82. The Morgan fingerprint density at radius 1 is 1.22 bits per heavy atom. The van der Waals surface area contributed by atoms with Crippen LogP contribution in [0.3, 0.4) is 0 Å². The molecule has 0 spiro atoms. The lowest BCUT2D eigenvalue weighted by molar-refractivity contribution is -0.119. The maximum Gasteiger partial charge on any atom is 0.217 e. The van der Waals surface area contributed by atoms with E-state index in [-0.39, 0.29) is 17.6 Å². The molecule has 1 N–H and O–H groups in total. The second kappa shape index (κ2) is 6.34. The molecule has 0 saturated carbocycles. The van der Waals surface area contributed by atoms with Crippen molar-refractivity contribution in [2.75, 3.05) is 0 Å². The summed E-state index contributed by atoms with van der Waals surface area (Å²) in [6.45, 7) is 7.42. The Kier molecular flexibility index (Phi) is 5.08. The van der Waals surface area contributed by atoms with Crippen molar-refractivity contribution in [1.29, 1.82) is 0 Å². The van der Waals surface area contributed by atoms with Crippen LogP contribution in [0.1, 0.15) is 43.1 Å². The topological polar surface area (TPSA) is 46.2 Å². The third-order valence-corrected chi connectivity index (χ3v) is 3.19. The molecule has 18 heavy (non-hydrogen) atoms. The average Bonchev–Trinajstić information content (AvgIpc) is 2.35. The summed E-state index contributed by atoms with van der Waals surface area (Å²) in [5.74, 6) is -0.0528. The van der Waals surface area contributed by atoms with Crippen molar-refractivity contribution in [3.8, 4) is 0 Å². The Labute approximate surface area is 109 Å². The van der Waals surface area contributed by atoms with Crippen molar-refractivity contribution < 1.29 is 9.59 Å². The minimum absolute atomic E-state index is 0.0143. The fraction of sp³-hybridized carbons (Fsp3) is 0.467. The van der Waals surface area contributed by atoms with Gasteiger partial charge in [0.25, 0.3) is 0 Å². The SMILES string of the molecule is CC[C@@H](C)[C@H](NC(C)=O)C(=O)c1ccc(C)cc1. The third-order valence-electron chi connectivity index (χ3n) is 3.19. The Hall–Kier alpha value is -1.64. The summed E-state index contributed by atoms with van der Waals surface area (Å²) in [5.41, 5.74) is 1.77. The molecule has 1 aromatic carbocycles. The molecule has 0 aliphatic rings. The lowest BCUT2D eigenvalue weighted by Crippen LogP contribution is -2.44. The van der Waals surface area contributed by atoms with E-state index < -0.39 is 6.04 Å². The first-order valence-corrected chi connectivity index (χ1v) is 6.33. The van der Waals surface area contributed by atoms with Crippen LogP contribution in [0.2, 0.25) is 0 Å². The van der Waals surface area contributed by atoms with Crippen LogP contribution in [-0.4, -0.2) is 17.7 Å². The molecule has 3 heteroatoms. The molecule has 1 rings (SSSR count). The Bertz CT molecular complexity index is 423. The van der Waals surface area contributed by atoms with Crippen LogP contribution in [0, 0.1) is 12.8 Å². The molecule has 0 bridgehead atoms. The van der Waals surface area contributed by atoms with Gasteiger partial charge in [-0.25, -0.2) is 0 Å².